The summed E-state index contributed by atoms with van der Waals surface area (Å²) < 4.78 is 23.6. The minimum Gasteiger partial charge on any atom is -0.455 e. The van der Waals surface area contributed by atoms with Crippen LogP contribution in [0.15, 0.2) is 59.2 Å². The quantitative estimate of drug-likeness (QED) is 0.154. The van der Waals surface area contributed by atoms with E-state index in [2.05, 4.69) is 25.2 Å². The second-order valence-corrected chi connectivity index (χ2v) is 9.21. The predicted octanol–water partition coefficient (Wildman–Crippen LogP) is 7.27. The highest BCUT2D eigenvalue weighted by Gasteiger charge is 2.14. The van der Waals surface area contributed by atoms with Gasteiger partial charge in [0, 0.05) is 35.4 Å². The first-order valence-corrected chi connectivity index (χ1v) is 12.0. The molecule has 0 aliphatic rings. The van der Waals surface area contributed by atoms with Crippen molar-refractivity contribution in [1.29, 1.82) is 0 Å². The Bertz CT molecular complexity index is 1160. The summed E-state index contributed by atoms with van der Waals surface area (Å²) in [7, 11) is 0. The molecule has 2 aromatic carbocycles. The summed E-state index contributed by atoms with van der Waals surface area (Å²) in [4.78, 5) is 4.45. The third-order valence-electron chi connectivity index (χ3n) is 4.36. The number of benzene rings is 2. The highest BCUT2D eigenvalue weighted by molar-refractivity contribution is 8.00. The number of rotatable bonds is 10. The van der Waals surface area contributed by atoms with Crippen LogP contribution in [0.2, 0.25) is 10.0 Å². The predicted molar refractivity (Wildman–Crippen MR) is 130 cm³/mol. The zero-order chi connectivity index (χ0) is 22.3. The fourth-order valence-electron chi connectivity index (χ4n) is 2.86. The van der Waals surface area contributed by atoms with E-state index in [4.69, 9.17) is 27.9 Å². The average molecular weight is 510 g/mol. The zero-order valence-electron chi connectivity index (χ0n) is 16.6. The lowest BCUT2D eigenvalue weighted by Gasteiger charge is -2.14. The van der Waals surface area contributed by atoms with Crippen molar-refractivity contribution in [2.24, 2.45) is 0 Å². The van der Waals surface area contributed by atoms with Crippen molar-refractivity contribution < 1.29 is 9.13 Å². The van der Waals surface area contributed by atoms with Gasteiger partial charge >= 0.3 is 0 Å². The fraction of sp³-hybridized carbons (Fsp3) is 0.143. The van der Waals surface area contributed by atoms with E-state index in [1.54, 1.807) is 30.7 Å². The lowest BCUT2D eigenvalue weighted by atomic mass is 10.1. The molecule has 11 heteroatoms. The number of aromatic amines is 1. The summed E-state index contributed by atoms with van der Waals surface area (Å²) in [5.74, 6) is 0.376. The lowest BCUT2D eigenvalue weighted by Crippen LogP contribution is -2.03. The Hall–Kier alpha value is -2.46. The van der Waals surface area contributed by atoms with Crippen molar-refractivity contribution >= 4 is 57.3 Å². The van der Waals surface area contributed by atoms with Crippen LogP contribution in [0, 0.1) is 5.82 Å². The molecule has 0 radical (unpaired) electrons. The average Bonchev–Trinajstić information content (AvgIpc) is 3.48. The highest BCUT2D eigenvalue weighted by atomic mass is 35.5. The van der Waals surface area contributed by atoms with Gasteiger partial charge in [0.1, 0.15) is 17.3 Å². The Kier molecular flexibility index (Phi) is 7.75. The Morgan fingerprint density at radius 3 is 2.88 bits per heavy atom. The topological polar surface area (TPSA) is 74.9 Å². The number of nitrogens with one attached hydrogen (secondary N) is 3. The molecule has 0 saturated heterocycles. The first kappa shape index (κ1) is 22.7. The molecule has 4 rings (SSSR count). The Labute approximate surface area is 202 Å². The van der Waals surface area contributed by atoms with E-state index >= 15 is 0 Å². The summed E-state index contributed by atoms with van der Waals surface area (Å²) >= 11 is 15.1. The van der Waals surface area contributed by atoms with Crippen molar-refractivity contribution in [3.05, 3.63) is 75.7 Å². The standard InChI is InChI=1S/C21H18Cl2FN5OS2/c22-14-3-4-18(13(8-14)2-1-5-25-15-11-27-28-12-15)30-19-10-17(24)20(9-16(19)23)32-29-21-26-6-7-31-21/h3-4,6-12,25H,1-2,5H2,(H,26,29)(H,27,28). The number of aryl methyl sites for hydroxylation is 1. The summed E-state index contributed by atoms with van der Waals surface area (Å²) in [6, 6.07) is 8.16. The summed E-state index contributed by atoms with van der Waals surface area (Å²) in [6.07, 6.45) is 6.73. The fourth-order valence-corrected chi connectivity index (χ4v) is 4.59. The summed E-state index contributed by atoms with van der Waals surface area (Å²) in [6.45, 7) is 0.749. The number of anilines is 2. The number of ether oxygens (including phenoxy) is 1. The molecule has 2 aromatic heterocycles. The molecule has 3 N–H and O–H groups in total. The van der Waals surface area contributed by atoms with E-state index in [9.17, 15) is 4.39 Å². The molecule has 2 heterocycles. The molecular formula is C21H18Cl2FN5OS2. The monoisotopic (exact) mass is 509 g/mol. The highest BCUT2D eigenvalue weighted by Crippen LogP contribution is 2.37. The van der Waals surface area contributed by atoms with Gasteiger partial charge in [0.25, 0.3) is 0 Å². The molecule has 0 spiro atoms. The molecule has 0 fully saturated rings. The maximum absolute atomic E-state index is 14.7. The van der Waals surface area contributed by atoms with E-state index in [0.717, 1.165) is 36.2 Å². The van der Waals surface area contributed by atoms with Gasteiger partial charge in [-0.3, -0.25) is 5.10 Å². The van der Waals surface area contributed by atoms with Gasteiger partial charge in [-0.25, -0.2) is 9.37 Å². The van der Waals surface area contributed by atoms with E-state index in [1.165, 1.54) is 23.5 Å². The van der Waals surface area contributed by atoms with Crippen LogP contribution in [0.5, 0.6) is 11.5 Å². The van der Waals surface area contributed by atoms with Crippen LogP contribution in [0.1, 0.15) is 12.0 Å². The van der Waals surface area contributed by atoms with E-state index in [-0.39, 0.29) is 5.75 Å². The Balaban J connectivity index is 1.42. The molecule has 166 valence electrons. The number of hydrogen-bond acceptors (Lipinski definition) is 7. The number of hydrogen-bond donors (Lipinski definition) is 3. The van der Waals surface area contributed by atoms with Crippen molar-refractivity contribution in [2.75, 3.05) is 16.6 Å². The van der Waals surface area contributed by atoms with E-state index in [0.29, 0.717) is 32.2 Å². The lowest BCUT2D eigenvalue weighted by molar-refractivity contribution is 0.468. The number of halogens is 3. The van der Waals surface area contributed by atoms with Crippen LogP contribution in [0.3, 0.4) is 0 Å². The van der Waals surface area contributed by atoms with Gasteiger partial charge in [-0.05, 0) is 54.6 Å². The van der Waals surface area contributed by atoms with Crippen LogP contribution in [0.25, 0.3) is 0 Å². The molecule has 32 heavy (non-hydrogen) atoms. The summed E-state index contributed by atoms with van der Waals surface area (Å²) in [5, 5.41) is 13.4. The van der Waals surface area contributed by atoms with Crippen molar-refractivity contribution in [3.63, 3.8) is 0 Å². The first-order chi connectivity index (χ1) is 15.6. The van der Waals surface area contributed by atoms with Crippen molar-refractivity contribution in [1.82, 2.24) is 15.2 Å². The molecule has 0 unspecified atom stereocenters. The minimum atomic E-state index is -0.446. The van der Waals surface area contributed by atoms with Crippen LogP contribution in [0.4, 0.5) is 15.2 Å². The molecule has 4 aromatic rings. The number of thiazole rings is 1. The smallest absolute Gasteiger partial charge is 0.192 e. The van der Waals surface area contributed by atoms with Crippen LogP contribution in [-0.4, -0.2) is 21.7 Å². The second kappa shape index (κ2) is 10.9. The molecule has 0 aliphatic carbocycles. The second-order valence-electron chi connectivity index (χ2n) is 6.63. The Morgan fingerprint density at radius 2 is 2.09 bits per heavy atom. The van der Waals surface area contributed by atoms with Gasteiger partial charge in [-0.2, -0.15) is 5.10 Å². The number of aromatic nitrogens is 3. The minimum absolute atomic E-state index is 0.239. The van der Waals surface area contributed by atoms with Gasteiger partial charge in [0.2, 0.25) is 0 Å². The maximum Gasteiger partial charge on any atom is 0.192 e. The maximum atomic E-state index is 14.7. The third-order valence-corrected chi connectivity index (χ3v) is 6.54. The van der Waals surface area contributed by atoms with Crippen LogP contribution < -0.4 is 14.8 Å². The molecule has 0 saturated carbocycles. The van der Waals surface area contributed by atoms with Crippen LogP contribution >= 0.6 is 46.5 Å². The van der Waals surface area contributed by atoms with E-state index in [1.807, 2.05) is 11.4 Å². The zero-order valence-corrected chi connectivity index (χ0v) is 19.7. The van der Waals surface area contributed by atoms with Crippen LogP contribution in [-0.2, 0) is 6.42 Å². The molecular weight excluding hydrogens is 492 g/mol. The molecule has 0 bridgehead atoms. The summed E-state index contributed by atoms with van der Waals surface area (Å²) in [5.41, 5.74) is 1.84. The number of nitrogens with zero attached hydrogens (tertiary/aromatic N) is 2. The van der Waals surface area contributed by atoms with E-state index < -0.39 is 5.82 Å². The largest absolute Gasteiger partial charge is 0.455 e. The van der Waals surface area contributed by atoms with Gasteiger partial charge in [-0.15, -0.1) is 11.3 Å². The van der Waals surface area contributed by atoms with Crippen molar-refractivity contribution in [2.45, 2.75) is 17.7 Å². The Morgan fingerprint density at radius 1 is 1.19 bits per heavy atom. The normalized spacial score (nSPS) is 10.8. The number of H-pyrrole nitrogens is 1. The SMILES string of the molecule is Fc1cc(Oc2ccc(Cl)cc2CCCNc2cn[nH]c2)c(Cl)cc1SNc1nccs1. The van der Waals surface area contributed by atoms with Gasteiger partial charge in [-0.1, -0.05) is 23.2 Å². The van der Waals surface area contributed by atoms with Gasteiger partial charge in [0.05, 0.1) is 21.8 Å². The van der Waals surface area contributed by atoms with Gasteiger partial charge in [0.15, 0.2) is 5.13 Å². The molecule has 0 aliphatic heterocycles. The molecule has 0 atom stereocenters. The molecule has 6 nitrogen and oxygen atoms in total. The first-order valence-electron chi connectivity index (χ1n) is 9.59. The van der Waals surface area contributed by atoms with Crippen molar-refractivity contribution in [3.8, 4) is 11.5 Å². The molecule has 0 amide bonds. The van der Waals surface area contributed by atoms with Gasteiger partial charge < -0.3 is 14.8 Å². The third kappa shape index (κ3) is 6.07.